The van der Waals surface area contributed by atoms with Crippen molar-refractivity contribution in [2.45, 2.75) is 0 Å². The Morgan fingerprint density at radius 2 is 1.79 bits per heavy atom. The summed E-state index contributed by atoms with van der Waals surface area (Å²) in [4.78, 5) is 18.0. The molecule has 0 unspecified atom stereocenters. The van der Waals surface area contributed by atoms with E-state index in [0.29, 0.717) is 0 Å². The number of rotatable bonds is 2. The van der Waals surface area contributed by atoms with Crippen molar-refractivity contribution in [3.63, 3.8) is 0 Å². The molecule has 104 valence electrons. The number of hydrogen-bond donors (Lipinski definition) is 1. The Balaban J connectivity index is 2.14. The topological polar surface area (TPSA) is 38.8 Å². The first-order chi connectivity index (χ1) is 9.08. The van der Waals surface area contributed by atoms with Crippen molar-refractivity contribution < 1.29 is 4.79 Å². The van der Waals surface area contributed by atoms with Gasteiger partial charge in [0.2, 0.25) is 0 Å². The van der Waals surface area contributed by atoms with Crippen molar-refractivity contribution in [3.8, 4) is 0 Å². The van der Waals surface area contributed by atoms with E-state index < -0.39 is 0 Å². The highest BCUT2D eigenvalue weighted by molar-refractivity contribution is 5.93. The minimum absolute atomic E-state index is 0.0958. The zero-order chi connectivity index (χ0) is 13.8. The first-order valence-electron chi connectivity index (χ1n) is 6.59. The number of carbonyl (C=O) groups excluding carboxylic acids is 1. The standard InChI is InChI=1S/C14H22N4O/c1-16(2)14(19)15-12-6-4-5-7-13(12)18-10-8-17(3)9-11-18/h4-7H,8-11H2,1-3H3,(H,15,19). The smallest absolute Gasteiger partial charge is 0.321 e. The minimum atomic E-state index is -0.0958. The summed E-state index contributed by atoms with van der Waals surface area (Å²) in [5.41, 5.74) is 1.98. The highest BCUT2D eigenvalue weighted by Gasteiger charge is 2.17. The van der Waals surface area contributed by atoms with Gasteiger partial charge in [0, 0.05) is 40.3 Å². The highest BCUT2D eigenvalue weighted by atomic mass is 16.2. The van der Waals surface area contributed by atoms with Crippen molar-refractivity contribution in [1.82, 2.24) is 9.80 Å². The Morgan fingerprint density at radius 1 is 1.16 bits per heavy atom. The molecule has 19 heavy (non-hydrogen) atoms. The molecule has 1 N–H and O–H groups in total. The average Bonchev–Trinajstić information content (AvgIpc) is 2.40. The largest absolute Gasteiger partial charge is 0.367 e. The van der Waals surface area contributed by atoms with Gasteiger partial charge >= 0.3 is 6.03 Å². The molecule has 0 radical (unpaired) electrons. The Kier molecular flexibility index (Phi) is 4.27. The molecule has 0 aromatic heterocycles. The quantitative estimate of drug-likeness (QED) is 0.878. The van der Waals surface area contributed by atoms with Gasteiger partial charge in [0.15, 0.2) is 0 Å². The van der Waals surface area contributed by atoms with Gasteiger partial charge in [-0.3, -0.25) is 0 Å². The third kappa shape index (κ3) is 3.38. The van der Waals surface area contributed by atoms with E-state index in [4.69, 9.17) is 0 Å². The number of benzene rings is 1. The second-order valence-electron chi connectivity index (χ2n) is 5.13. The third-order valence-corrected chi connectivity index (χ3v) is 3.40. The van der Waals surface area contributed by atoms with E-state index in [1.54, 1.807) is 19.0 Å². The Labute approximate surface area is 114 Å². The van der Waals surface area contributed by atoms with E-state index in [-0.39, 0.29) is 6.03 Å². The molecule has 0 bridgehead atoms. The predicted octanol–water partition coefficient (Wildman–Crippen LogP) is 1.53. The van der Waals surface area contributed by atoms with Gasteiger partial charge in [-0.15, -0.1) is 0 Å². The van der Waals surface area contributed by atoms with E-state index in [0.717, 1.165) is 37.6 Å². The van der Waals surface area contributed by atoms with E-state index in [9.17, 15) is 4.79 Å². The second kappa shape index (κ2) is 5.93. The molecule has 0 saturated carbocycles. The summed E-state index contributed by atoms with van der Waals surface area (Å²) in [6.07, 6.45) is 0. The summed E-state index contributed by atoms with van der Waals surface area (Å²) in [6, 6.07) is 7.89. The predicted molar refractivity (Wildman–Crippen MR) is 78.9 cm³/mol. The second-order valence-corrected chi connectivity index (χ2v) is 5.13. The molecule has 0 spiro atoms. The molecule has 1 aromatic carbocycles. The number of urea groups is 1. The van der Waals surface area contributed by atoms with Crippen molar-refractivity contribution in [2.75, 3.05) is 57.5 Å². The lowest BCUT2D eigenvalue weighted by atomic mass is 10.2. The van der Waals surface area contributed by atoms with Crippen molar-refractivity contribution in [2.24, 2.45) is 0 Å². The SMILES string of the molecule is CN1CCN(c2ccccc2NC(=O)N(C)C)CC1. The molecule has 1 fully saturated rings. The van der Waals surface area contributed by atoms with Crippen LogP contribution in [-0.2, 0) is 0 Å². The Bertz CT molecular complexity index is 439. The van der Waals surface area contributed by atoms with Gasteiger partial charge in [0.05, 0.1) is 11.4 Å². The lowest BCUT2D eigenvalue weighted by Gasteiger charge is -2.35. The number of likely N-dealkylation sites (N-methyl/N-ethyl adjacent to an activating group) is 1. The van der Waals surface area contributed by atoms with Crippen molar-refractivity contribution in [3.05, 3.63) is 24.3 Å². The maximum Gasteiger partial charge on any atom is 0.321 e. The fourth-order valence-corrected chi connectivity index (χ4v) is 2.13. The summed E-state index contributed by atoms with van der Waals surface area (Å²) in [5, 5.41) is 2.95. The van der Waals surface area contributed by atoms with Crippen molar-refractivity contribution in [1.29, 1.82) is 0 Å². The van der Waals surface area contributed by atoms with Gasteiger partial charge < -0.3 is 20.0 Å². The zero-order valence-electron chi connectivity index (χ0n) is 11.9. The number of nitrogens with one attached hydrogen (secondary N) is 1. The van der Waals surface area contributed by atoms with E-state index in [1.165, 1.54) is 0 Å². The van der Waals surface area contributed by atoms with Crippen LogP contribution in [0.4, 0.5) is 16.2 Å². The van der Waals surface area contributed by atoms with Crippen LogP contribution >= 0.6 is 0 Å². The number of para-hydroxylation sites is 2. The van der Waals surface area contributed by atoms with Gasteiger partial charge in [-0.1, -0.05) is 12.1 Å². The van der Waals surface area contributed by atoms with Gasteiger partial charge in [-0.25, -0.2) is 4.79 Å². The molecule has 1 saturated heterocycles. The lowest BCUT2D eigenvalue weighted by Crippen LogP contribution is -2.44. The van der Waals surface area contributed by atoms with Gasteiger partial charge in [0.25, 0.3) is 0 Å². The Morgan fingerprint density at radius 3 is 2.42 bits per heavy atom. The summed E-state index contributed by atoms with van der Waals surface area (Å²) in [7, 11) is 5.62. The number of hydrogen-bond acceptors (Lipinski definition) is 3. The van der Waals surface area contributed by atoms with E-state index in [2.05, 4.69) is 28.2 Å². The molecule has 2 rings (SSSR count). The summed E-state index contributed by atoms with van der Waals surface area (Å²) >= 11 is 0. The number of carbonyl (C=O) groups is 1. The lowest BCUT2D eigenvalue weighted by molar-refractivity contribution is 0.230. The fourth-order valence-electron chi connectivity index (χ4n) is 2.13. The van der Waals surface area contributed by atoms with Crippen LogP contribution in [0.2, 0.25) is 0 Å². The van der Waals surface area contributed by atoms with Gasteiger partial charge in [0.1, 0.15) is 0 Å². The molecule has 5 nitrogen and oxygen atoms in total. The zero-order valence-corrected chi connectivity index (χ0v) is 11.9. The molecule has 0 atom stereocenters. The first-order valence-corrected chi connectivity index (χ1v) is 6.59. The number of amides is 2. The Hall–Kier alpha value is -1.75. The summed E-state index contributed by atoms with van der Waals surface area (Å²) in [6.45, 7) is 4.09. The summed E-state index contributed by atoms with van der Waals surface area (Å²) < 4.78 is 0. The first kappa shape index (κ1) is 13.7. The van der Waals surface area contributed by atoms with Crippen LogP contribution in [0.1, 0.15) is 0 Å². The fraction of sp³-hybridized carbons (Fsp3) is 0.500. The van der Waals surface area contributed by atoms with Crippen LogP contribution in [0.3, 0.4) is 0 Å². The molecule has 1 aliphatic rings. The number of piperazine rings is 1. The minimum Gasteiger partial charge on any atom is -0.367 e. The van der Waals surface area contributed by atoms with Crippen LogP contribution in [0, 0.1) is 0 Å². The molecule has 1 aliphatic heterocycles. The molecule has 2 amide bonds. The molecule has 1 aromatic rings. The monoisotopic (exact) mass is 262 g/mol. The van der Waals surface area contributed by atoms with Crippen LogP contribution in [-0.4, -0.2) is 63.2 Å². The molecular formula is C14H22N4O. The molecule has 1 heterocycles. The average molecular weight is 262 g/mol. The molecular weight excluding hydrogens is 240 g/mol. The van der Waals surface area contributed by atoms with Gasteiger partial charge in [-0.2, -0.15) is 0 Å². The highest BCUT2D eigenvalue weighted by Crippen LogP contribution is 2.26. The van der Waals surface area contributed by atoms with Crippen LogP contribution in [0.15, 0.2) is 24.3 Å². The maximum atomic E-state index is 11.8. The van der Waals surface area contributed by atoms with Gasteiger partial charge in [-0.05, 0) is 19.2 Å². The third-order valence-electron chi connectivity index (χ3n) is 3.40. The molecule has 5 heteroatoms. The molecule has 0 aliphatic carbocycles. The summed E-state index contributed by atoms with van der Waals surface area (Å²) in [5.74, 6) is 0. The van der Waals surface area contributed by atoms with Crippen molar-refractivity contribution >= 4 is 17.4 Å². The van der Waals surface area contributed by atoms with E-state index in [1.807, 2.05) is 18.2 Å². The maximum absolute atomic E-state index is 11.8. The van der Waals surface area contributed by atoms with Crippen LogP contribution < -0.4 is 10.2 Å². The van der Waals surface area contributed by atoms with E-state index >= 15 is 0 Å². The normalized spacial score (nSPS) is 16.3. The van der Waals surface area contributed by atoms with Crippen LogP contribution in [0.5, 0.6) is 0 Å². The number of anilines is 2. The number of nitrogens with zero attached hydrogens (tertiary/aromatic N) is 3. The van der Waals surface area contributed by atoms with Crippen LogP contribution in [0.25, 0.3) is 0 Å².